The van der Waals surface area contributed by atoms with Crippen LogP contribution in [0.1, 0.15) is 11.1 Å². The number of anilines is 1. The molecule has 0 atom stereocenters. The molecule has 6 heteroatoms. The quantitative estimate of drug-likeness (QED) is 0.843. The number of carbonyl (C=O) groups excluding carboxylic acids is 1. The summed E-state index contributed by atoms with van der Waals surface area (Å²) in [5, 5.41) is 11.6. The minimum absolute atomic E-state index is 0.154. The molecule has 1 heterocycles. The van der Waals surface area contributed by atoms with Gasteiger partial charge in [0.25, 0.3) is 0 Å². The summed E-state index contributed by atoms with van der Waals surface area (Å²) in [4.78, 5) is 20.6. The second-order valence-corrected chi connectivity index (χ2v) is 6.05. The van der Waals surface area contributed by atoms with Crippen molar-refractivity contribution in [1.29, 1.82) is 5.26 Å². The van der Waals surface area contributed by atoms with Gasteiger partial charge in [-0.2, -0.15) is 5.26 Å². The number of rotatable bonds is 7. The zero-order valence-corrected chi connectivity index (χ0v) is 14.6. The highest BCUT2D eigenvalue weighted by atomic mass is 16.2. The third-order valence-corrected chi connectivity index (χ3v) is 3.69. The summed E-state index contributed by atoms with van der Waals surface area (Å²) in [5.74, 6) is 0. The van der Waals surface area contributed by atoms with Gasteiger partial charge in [0.15, 0.2) is 0 Å². The molecule has 6 nitrogen and oxygen atoms in total. The Morgan fingerprint density at radius 3 is 2.52 bits per heavy atom. The molecule has 2 rings (SSSR count). The lowest BCUT2D eigenvalue weighted by Gasteiger charge is -2.24. The Hall–Kier alpha value is -2.91. The molecule has 1 aromatic carbocycles. The number of nitrogens with zero attached hydrogens (tertiary/aromatic N) is 4. The number of hydrogen-bond acceptors (Lipinski definition) is 4. The smallest absolute Gasteiger partial charge is 0.319 e. The highest BCUT2D eigenvalue weighted by Crippen LogP contribution is 2.12. The van der Waals surface area contributed by atoms with Gasteiger partial charge in [-0.15, -0.1) is 0 Å². The topological polar surface area (TPSA) is 72.3 Å². The maximum Gasteiger partial charge on any atom is 0.322 e. The summed E-state index contributed by atoms with van der Waals surface area (Å²) < 4.78 is 0. The van der Waals surface area contributed by atoms with E-state index in [1.165, 1.54) is 0 Å². The number of carbonyl (C=O) groups is 1. The first-order valence-electron chi connectivity index (χ1n) is 8.14. The van der Waals surface area contributed by atoms with Crippen molar-refractivity contribution < 1.29 is 4.79 Å². The maximum absolute atomic E-state index is 12.7. The Balaban J connectivity index is 2.04. The van der Waals surface area contributed by atoms with Crippen molar-refractivity contribution in [3.05, 3.63) is 59.9 Å². The van der Waals surface area contributed by atoms with Crippen LogP contribution in [-0.2, 0) is 13.0 Å². The normalized spacial score (nSPS) is 10.3. The molecule has 0 unspecified atom stereocenters. The molecule has 2 aromatic rings. The van der Waals surface area contributed by atoms with Crippen molar-refractivity contribution in [3.63, 3.8) is 0 Å². The predicted molar refractivity (Wildman–Crippen MR) is 98.0 cm³/mol. The average molecular weight is 337 g/mol. The summed E-state index contributed by atoms with van der Waals surface area (Å²) in [6.45, 7) is 1.88. The van der Waals surface area contributed by atoms with Crippen LogP contribution in [0, 0.1) is 11.3 Å². The summed E-state index contributed by atoms with van der Waals surface area (Å²) >= 11 is 0. The zero-order valence-electron chi connectivity index (χ0n) is 14.6. The van der Waals surface area contributed by atoms with Gasteiger partial charge in [-0.25, -0.2) is 4.79 Å². The van der Waals surface area contributed by atoms with Crippen LogP contribution >= 0.6 is 0 Å². The fourth-order valence-electron chi connectivity index (χ4n) is 2.28. The monoisotopic (exact) mass is 337 g/mol. The SMILES string of the molecule is CN(C)CCN(Cc1cccnc1)C(=O)Nc1ccc(CC#N)cc1. The lowest BCUT2D eigenvalue weighted by molar-refractivity contribution is 0.202. The van der Waals surface area contributed by atoms with Gasteiger partial charge in [0.05, 0.1) is 12.5 Å². The average Bonchev–Trinajstić information content (AvgIpc) is 2.61. The minimum Gasteiger partial charge on any atom is -0.319 e. The number of nitrogens with one attached hydrogen (secondary N) is 1. The Kier molecular flexibility index (Phi) is 6.93. The van der Waals surface area contributed by atoms with Gasteiger partial charge >= 0.3 is 6.03 Å². The van der Waals surface area contributed by atoms with Gasteiger partial charge in [0, 0.05) is 37.7 Å². The second-order valence-electron chi connectivity index (χ2n) is 6.05. The van der Waals surface area contributed by atoms with Crippen molar-refractivity contribution in [2.24, 2.45) is 0 Å². The van der Waals surface area contributed by atoms with Crippen LogP contribution in [0.5, 0.6) is 0 Å². The molecule has 0 saturated heterocycles. The first kappa shape index (κ1) is 18.4. The Bertz CT molecular complexity index is 707. The molecule has 0 fully saturated rings. The minimum atomic E-state index is -0.154. The largest absolute Gasteiger partial charge is 0.322 e. The summed E-state index contributed by atoms with van der Waals surface area (Å²) in [5.41, 5.74) is 2.63. The first-order valence-corrected chi connectivity index (χ1v) is 8.14. The molecule has 0 radical (unpaired) electrons. The Morgan fingerprint density at radius 1 is 1.16 bits per heavy atom. The van der Waals surface area contributed by atoms with Gasteiger partial charge < -0.3 is 15.1 Å². The lowest BCUT2D eigenvalue weighted by Crippen LogP contribution is -2.39. The van der Waals surface area contributed by atoms with E-state index in [9.17, 15) is 4.79 Å². The van der Waals surface area contributed by atoms with Gasteiger partial charge in [0.1, 0.15) is 0 Å². The van der Waals surface area contributed by atoms with E-state index in [1.807, 2.05) is 55.4 Å². The summed E-state index contributed by atoms with van der Waals surface area (Å²) in [7, 11) is 3.96. The number of urea groups is 1. The molecular formula is C19H23N5O. The van der Waals surface area contributed by atoms with Crippen molar-refractivity contribution >= 4 is 11.7 Å². The van der Waals surface area contributed by atoms with E-state index >= 15 is 0 Å². The highest BCUT2D eigenvalue weighted by Gasteiger charge is 2.14. The van der Waals surface area contributed by atoms with E-state index in [0.29, 0.717) is 25.2 Å². The number of benzene rings is 1. The van der Waals surface area contributed by atoms with E-state index in [2.05, 4.69) is 16.4 Å². The Morgan fingerprint density at radius 2 is 1.92 bits per heavy atom. The zero-order chi connectivity index (χ0) is 18.1. The van der Waals surface area contributed by atoms with Crippen molar-refractivity contribution in [2.45, 2.75) is 13.0 Å². The van der Waals surface area contributed by atoms with Gasteiger partial charge in [0.2, 0.25) is 0 Å². The summed E-state index contributed by atoms with van der Waals surface area (Å²) in [6.07, 6.45) is 3.85. The number of pyridine rings is 1. The van der Waals surface area contributed by atoms with Crippen LogP contribution in [0.3, 0.4) is 0 Å². The number of hydrogen-bond donors (Lipinski definition) is 1. The molecule has 0 saturated carbocycles. The fourth-order valence-corrected chi connectivity index (χ4v) is 2.28. The molecular weight excluding hydrogens is 314 g/mol. The predicted octanol–water partition coefficient (Wildman–Crippen LogP) is 2.74. The molecule has 1 N–H and O–H groups in total. The molecule has 0 spiro atoms. The standard InChI is InChI=1S/C19H23N5O/c1-23(2)12-13-24(15-17-4-3-11-21-14-17)19(25)22-18-7-5-16(6-8-18)9-10-20/h3-8,11,14H,9,12-13,15H2,1-2H3,(H,22,25). The Labute approximate surface area is 148 Å². The van der Waals surface area contributed by atoms with Crippen LogP contribution in [0.15, 0.2) is 48.8 Å². The third-order valence-electron chi connectivity index (χ3n) is 3.69. The van der Waals surface area contributed by atoms with Crippen LogP contribution in [0.2, 0.25) is 0 Å². The third kappa shape index (κ3) is 6.24. The highest BCUT2D eigenvalue weighted by molar-refractivity contribution is 5.89. The van der Waals surface area contributed by atoms with Crippen LogP contribution in [-0.4, -0.2) is 48.0 Å². The molecule has 25 heavy (non-hydrogen) atoms. The first-order chi connectivity index (χ1) is 12.1. The maximum atomic E-state index is 12.7. The second kappa shape index (κ2) is 9.40. The van der Waals surface area contributed by atoms with Crippen molar-refractivity contribution in [2.75, 3.05) is 32.5 Å². The van der Waals surface area contributed by atoms with Crippen LogP contribution in [0.4, 0.5) is 10.5 Å². The molecule has 0 bridgehead atoms. The molecule has 0 aliphatic rings. The van der Waals surface area contributed by atoms with Gasteiger partial charge in [-0.1, -0.05) is 18.2 Å². The number of amides is 2. The molecule has 130 valence electrons. The molecule has 2 amide bonds. The number of aromatic nitrogens is 1. The number of likely N-dealkylation sites (N-methyl/N-ethyl adjacent to an activating group) is 1. The van der Waals surface area contributed by atoms with Gasteiger partial charge in [-0.05, 0) is 43.4 Å². The fraction of sp³-hybridized carbons (Fsp3) is 0.316. The van der Waals surface area contributed by atoms with E-state index < -0.39 is 0 Å². The number of nitriles is 1. The molecule has 1 aromatic heterocycles. The van der Waals surface area contributed by atoms with E-state index in [-0.39, 0.29) is 6.03 Å². The van der Waals surface area contributed by atoms with E-state index in [0.717, 1.165) is 17.7 Å². The molecule has 0 aliphatic heterocycles. The van der Waals surface area contributed by atoms with Gasteiger partial charge in [-0.3, -0.25) is 4.98 Å². The summed E-state index contributed by atoms with van der Waals surface area (Å²) in [6, 6.07) is 13.1. The lowest BCUT2D eigenvalue weighted by atomic mass is 10.1. The van der Waals surface area contributed by atoms with E-state index in [1.54, 1.807) is 17.3 Å². The van der Waals surface area contributed by atoms with Crippen LogP contribution in [0.25, 0.3) is 0 Å². The molecule has 0 aliphatic carbocycles. The van der Waals surface area contributed by atoms with Crippen LogP contribution < -0.4 is 5.32 Å². The van der Waals surface area contributed by atoms with Crippen molar-refractivity contribution in [1.82, 2.24) is 14.8 Å². The van der Waals surface area contributed by atoms with Crippen molar-refractivity contribution in [3.8, 4) is 6.07 Å². The van der Waals surface area contributed by atoms with E-state index in [4.69, 9.17) is 5.26 Å².